The van der Waals surface area contributed by atoms with E-state index < -0.39 is 80.0 Å². The Balaban J connectivity index is 1.34. The highest BCUT2D eigenvalue weighted by Crippen LogP contribution is 2.34. The topological polar surface area (TPSA) is 298 Å². The Morgan fingerprint density at radius 2 is 1.52 bits per heavy atom. The van der Waals surface area contributed by atoms with E-state index in [0.29, 0.717) is 109 Å². The first-order valence-electron chi connectivity index (χ1n) is 20.5. The third-order valence-corrected chi connectivity index (χ3v) is 9.40. The number of carboxylic acid groups (broad SMARTS) is 1. The summed E-state index contributed by atoms with van der Waals surface area (Å²) in [6.07, 6.45) is -6.72. The zero-order valence-corrected chi connectivity index (χ0v) is 34.7. The van der Waals surface area contributed by atoms with Crippen molar-refractivity contribution in [3.8, 4) is 0 Å². The standard InChI is InChI=1S/C39H62F2N6O15/c40-37(41)28-7-5-27(6-8-28)21-32(51)43-23-31(50)35(53)36-34(44-33(52)25-48)30(49)22-39(62-36,38(54)55)61-12-4-2-1-3-11-60-26-29-24-47(46-45-29)10-14-57-16-18-59-20-19-58-17-15-56-13-9-42/h5-8,24,30-31,34-37,48-50,53H,1-4,9-23,25-26,42H2,(H,43,51)(H,44,52)(H,54,55)/t30-,31+,34+,35+,36+,39+/m0/s1. The summed E-state index contributed by atoms with van der Waals surface area (Å²) in [4.78, 5) is 37.1. The van der Waals surface area contributed by atoms with Gasteiger partial charge >= 0.3 is 5.97 Å². The molecule has 0 spiro atoms. The number of carbonyl (C=O) groups excluding carboxylic acids is 2. The highest BCUT2D eigenvalue weighted by molar-refractivity contribution is 5.79. The molecule has 0 radical (unpaired) electrons. The fraction of sp³-hybridized carbons (Fsp3) is 0.718. The number of carbonyl (C=O) groups is 3. The van der Waals surface area contributed by atoms with Crippen LogP contribution in [0, 0.1) is 0 Å². The van der Waals surface area contributed by atoms with E-state index in [9.17, 15) is 48.7 Å². The first kappa shape index (κ1) is 52.5. The first-order valence-corrected chi connectivity index (χ1v) is 20.5. The average Bonchev–Trinajstić information content (AvgIpc) is 3.71. The van der Waals surface area contributed by atoms with Gasteiger partial charge in [-0.15, -0.1) is 5.10 Å². The number of aliphatic hydroxyl groups is 4. The number of ether oxygens (including phenoxy) is 7. The maximum Gasteiger partial charge on any atom is 0.364 e. The monoisotopic (exact) mass is 892 g/mol. The largest absolute Gasteiger partial charge is 0.477 e. The molecule has 23 heteroatoms. The maximum absolute atomic E-state index is 12.8. The molecule has 0 saturated carbocycles. The number of halogens is 2. The highest BCUT2D eigenvalue weighted by Gasteiger charge is 2.55. The molecule has 2 heterocycles. The second-order valence-electron chi connectivity index (χ2n) is 14.3. The van der Waals surface area contributed by atoms with Crippen LogP contribution in [0.3, 0.4) is 0 Å². The minimum atomic E-state index is -2.68. The SMILES string of the molecule is NCCOCCOCCOCCOCCn1cc(COCCCCCCO[C@]2(C(=O)O)C[C@H](O)[C@@H](NC(=O)CO)[C@H]([C@H](O)[C@H](O)CNC(=O)Cc3ccc(C(F)F)cc3)O2)nn1. The molecule has 1 aliphatic rings. The molecule has 9 N–H and O–H groups in total. The van der Waals surface area contributed by atoms with Crippen LogP contribution in [-0.4, -0.2) is 180 Å². The van der Waals surface area contributed by atoms with Crippen molar-refractivity contribution in [1.82, 2.24) is 25.6 Å². The van der Waals surface area contributed by atoms with Crippen LogP contribution in [-0.2, 0) is 67.1 Å². The van der Waals surface area contributed by atoms with Gasteiger partial charge in [0.1, 0.15) is 24.5 Å². The van der Waals surface area contributed by atoms with Crippen LogP contribution in [0.5, 0.6) is 0 Å². The van der Waals surface area contributed by atoms with Gasteiger partial charge in [0.2, 0.25) is 11.8 Å². The molecule has 3 rings (SSSR count). The van der Waals surface area contributed by atoms with Gasteiger partial charge in [-0.2, -0.15) is 0 Å². The van der Waals surface area contributed by atoms with Crippen LogP contribution in [0.15, 0.2) is 30.5 Å². The van der Waals surface area contributed by atoms with Gasteiger partial charge in [0.15, 0.2) is 0 Å². The number of carboxylic acids is 1. The van der Waals surface area contributed by atoms with Gasteiger partial charge in [0, 0.05) is 31.7 Å². The number of aliphatic hydroxyl groups excluding tert-OH is 4. The molecule has 1 aromatic carbocycles. The number of nitrogens with one attached hydrogen (secondary N) is 2. The summed E-state index contributed by atoms with van der Waals surface area (Å²) in [7, 11) is 0. The Morgan fingerprint density at radius 1 is 0.887 bits per heavy atom. The number of amides is 2. The molecule has 0 aliphatic carbocycles. The van der Waals surface area contributed by atoms with Gasteiger partial charge in [-0.05, 0) is 18.4 Å². The van der Waals surface area contributed by atoms with E-state index in [2.05, 4.69) is 20.9 Å². The lowest BCUT2D eigenvalue weighted by atomic mass is 9.88. The second-order valence-corrected chi connectivity index (χ2v) is 14.3. The summed E-state index contributed by atoms with van der Waals surface area (Å²) >= 11 is 0. The Bertz CT molecular complexity index is 1560. The van der Waals surface area contributed by atoms with Gasteiger partial charge in [0.05, 0.1) is 103 Å². The predicted octanol–water partition coefficient (Wildman–Crippen LogP) is -1.18. The fourth-order valence-corrected chi connectivity index (χ4v) is 6.12. The van der Waals surface area contributed by atoms with E-state index in [4.69, 9.17) is 38.9 Å². The summed E-state index contributed by atoms with van der Waals surface area (Å²) in [6.45, 7) is 3.68. The number of alkyl halides is 2. The molecule has 2 aromatic rings. The molecule has 1 saturated heterocycles. The molecule has 0 unspecified atom stereocenters. The fourth-order valence-electron chi connectivity index (χ4n) is 6.12. The smallest absolute Gasteiger partial charge is 0.364 e. The lowest BCUT2D eigenvalue weighted by Gasteiger charge is -2.46. The number of aliphatic carboxylic acids is 1. The Labute approximate surface area is 358 Å². The van der Waals surface area contributed by atoms with Crippen molar-refractivity contribution >= 4 is 17.8 Å². The highest BCUT2D eigenvalue weighted by atomic mass is 19.3. The van der Waals surface area contributed by atoms with Crippen LogP contribution in [0.25, 0.3) is 0 Å². The number of nitrogens with two attached hydrogens (primary N) is 1. The number of rotatable bonds is 34. The molecule has 352 valence electrons. The molecule has 62 heavy (non-hydrogen) atoms. The van der Waals surface area contributed by atoms with Crippen molar-refractivity contribution in [1.29, 1.82) is 0 Å². The van der Waals surface area contributed by atoms with Crippen LogP contribution in [0.4, 0.5) is 8.78 Å². The van der Waals surface area contributed by atoms with Gasteiger partial charge in [0.25, 0.3) is 12.2 Å². The molecule has 2 amide bonds. The number of nitrogens with zero attached hydrogens (tertiary/aromatic N) is 3. The summed E-state index contributed by atoms with van der Waals surface area (Å²) in [5.74, 6) is -5.74. The molecule has 1 fully saturated rings. The van der Waals surface area contributed by atoms with Crippen LogP contribution in [0.1, 0.15) is 55.4 Å². The van der Waals surface area contributed by atoms with Crippen molar-refractivity contribution in [3.05, 3.63) is 47.3 Å². The van der Waals surface area contributed by atoms with Crippen molar-refractivity contribution in [2.75, 3.05) is 85.8 Å². The van der Waals surface area contributed by atoms with E-state index in [1.807, 2.05) is 0 Å². The summed E-state index contributed by atoms with van der Waals surface area (Å²) in [5, 5.41) is 65.1. The zero-order chi connectivity index (χ0) is 45.2. The Morgan fingerprint density at radius 3 is 2.13 bits per heavy atom. The third-order valence-electron chi connectivity index (χ3n) is 9.40. The molecule has 1 aromatic heterocycles. The molecule has 6 atom stereocenters. The number of hydrogen-bond donors (Lipinski definition) is 8. The Kier molecular flexibility index (Phi) is 25.0. The molecular formula is C39H62F2N6O15. The molecule has 21 nitrogen and oxygen atoms in total. The van der Waals surface area contributed by atoms with Crippen molar-refractivity contribution in [2.24, 2.45) is 5.73 Å². The van der Waals surface area contributed by atoms with Crippen molar-refractivity contribution < 1.29 is 81.9 Å². The number of hydrogen-bond acceptors (Lipinski definition) is 17. The van der Waals surface area contributed by atoms with E-state index in [1.54, 1.807) is 10.9 Å². The number of unbranched alkanes of at least 4 members (excludes halogenated alkanes) is 3. The first-order chi connectivity index (χ1) is 29.9. The van der Waals surface area contributed by atoms with E-state index in [1.165, 1.54) is 24.3 Å². The number of aromatic nitrogens is 3. The van der Waals surface area contributed by atoms with E-state index in [-0.39, 0.29) is 25.2 Å². The predicted molar refractivity (Wildman–Crippen MR) is 211 cm³/mol. The van der Waals surface area contributed by atoms with Gasteiger partial charge in [-0.3, -0.25) is 9.59 Å². The van der Waals surface area contributed by atoms with Crippen molar-refractivity contribution in [2.45, 2.75) is 94.3 Å². The zero-order valence-electron chi connectivity index (χ0n) is 34.7. The van der Waals surface area contributed by atoms with Gasteiger partial charge < -0.3 is 75.1 Å². The summed E-state index contributed by atoms with van der Waals surface area (Å²) in [6, 6.07) is 3.54. The van der Waals surface area contributed by atoms with Crippen molar-refractivity contribution in [3.63, 3.8) is 0 Å². The molecule has 0 bridgehead atoms. The quantitative estimate of drug-likeness (QED) is 0.0384. The summed E-state index contributed by atoms with van der Waals surface area (Å²) in [5.41, 5.74) is 6.18. The lowest BCUT2D eigenvalue weighted by Crippen LogP contribution is -2.68. The maximum atomic E-state index is 12.8. The van der Waals surface area contributed by atoms with Crippen LogP contribution < -0.4 is 16.4 Å². The Hall–Kier alpha value is -3.85. The second kappa shape index (κ2) is 29.5. The average molecular weight is 893 g/mol. The van der Waals surface area contributed by atoms with E-state index >= 15 is 0 Å². The minimum absolute atomic E-state index is 0.130. The number of benzene rings is 1. The molecular weight excluding hydrogens is 830 g/mol. The lowest BCUT2D eigenvalue weighted by molar-refractivity contribution is -0.310. The van der Waals surface area contributed by atoms with Crippen LogP contribution >= 0.6 is 0 Å². The molecule has 1 aliphatic heterocycles. The van der Waals surface area contributed by atoms with E-state index in [0.717, 1.165) is 0 Å². The van der Waals surface area contributed by atoms with Crippen LogP contribution in [0.2, 0.25) is 0 Å². The third kappa shape index (κ3) is 19.3. The normalized spacial score (nSPS) is 20.0. The minimum Gasteiger partial charge on any atom is -0.477 e. The van der Waals surface area contributed by atoms with Gasteiger partial charge in [-0.25, -0.2) is 18.3 Å². The van der Waals surface area contributed by atoms with Gasteiger partial charge in [-0.1, -0.05) is 42.3 Å². The summed E-state index contributed by atoms with van der Waals surface area (Å²) < 4.78 is 66.1.